The number of carbonyl (C=O) groups is 2. The number of hydrogen-bond acceptors (Lipinski definition) is 4. The molecule has 0 bridgehead atoms. The Bertz CT molecular complexity index is 826. The Morgan fingerprint density at radius 3 is 2.46 bits per heavy atom. The smallest absolute Gasteiger partial charge is 0.338 e. The molecule has 8 heteroatoms. The van der Waals surface area contributed by atoms with Gasteiger partial charge >= 0.3 is 5.97 Å². The molecule has 0 fully saturated rings. The topological polar surface area (TPSA) is 64.6 Å². The van der Waals surface area contributed by atoms with E-state index in [1.807, 2.05) is 0 Å². The zero-order valence-electron chi connectivity index (χ0n) is 14.0. The molecule has 0 spiro atoms. The first-order valence-electron chi connectivity index (χ1n) is 7.71. The maximum atomic E-state index is 12.3. The van der Waals surface area contributed by atoms with Crippen molar-refractivity contribution < 1.29 is 19.1 Å². The van der Waals surface area contributed by atoms with E-state index in [2.05, 4.69) is 5.32 Å². The normalized spacial score (nSPS) is 11.6. The highest BCUT2D eigenvalue weighted by atomic mass is 35.5. The van der Waals surface area contributed by atoms with Gasteiger partial charge in [0.05, 0.1) is 27.2 Å². The van der Waals surface area contributed by atoms with Gasteiger partial charge in [0.2, 0.25) is 0 Å². The Morgan fingerprint density at radius 1 is 1.08 bits per heavy atom. The van der Waals surface area contributed by atoms with Crippen molar-refractivity contribution in [1.82, 2.24) is 0 Å². The van der Waals surface area contributed by atoms with Gasteiger partial charge in [0, 0.05) is 11.8 Å². The Morgan fingerprint density at radius 2 is 1.77 bits per heavy atom. The van der Waals surface area contributed by atoms with Crippen LogP contribution in [0.15, 0.2) is 36.4 Å². The van der Waals surface area contributed by atoms with Gasteiger partial charge in [-0.2, -0.15) is 0 Å². The first kappa shape index (κ1) is 20.4. The molecule has 5 nitrogen and oxygen atoms in total. The lowest BCUT2D eigenvalue weighted by atomic mass is 10.2. The minimum absolute atomic E-state index is 0.239. The fourth-order valence-corrected chi connectivity index (χ4v) is 2.60. The molecular formula is C18H16Cl3NO4. The van der Waals surface area contributed by atoms with Crippen LogP contribution in [0.5, 0.6) is 5.75 Å². The van der Waals surface area contributed by atoms with Gasteiger partial charge in [0.1, 0.15) is 5.75 Å². The van der Waals surface area contributed by atoms with Crippen LogP contribution in [-0.4, -0.2) is 24.6 Å². The summed E-state index contributed by atoms with van der Waals surface area (Å²) in [6, 6.07) is 9.30. The monoisotopic (exact) mass is 415 g/mol. The lowest BCUT2D eigenvalue weighted by Crippen LogP contribution is -2.30. The molecule has 0 aromatic heterocycles. The van der Waals surface area contributed by atoms with Crippen molar-refractivity contribution in [2.75, 3.05) is 11.9 Å². The Labute approximate surface area is 166 Å². The maximum absolute atomic E-state index is 12.3. The van der Waals surface area contributed by atoms with E-state index in [0.29, 0.717) is 11.3 Å². The highest BCUT2D eigenvalue weighted by Crippen LogP contribution is 2.34. The first-order valence-corrected chi connectivity index (χ1v) is 8.84. The molecule has 0 radical (unpaired) electrons. The van der Waals surface area contributed by atoms with Crippen molar-refractivity contribution in [3.63, 3.8) is 0 Å². The molecule has 0 unspecified atom stereocenters. The van der Waals surface area contributed by atoms with Gasteiger partial charge in [0.25, 0.3) is 5.91 Å². The van der Waals surface area contributed by atoms with Crippen LogP contribution in [0.1, 0.15) is 24.2 Å². The summed E-state index contributed by atoms with van der Waals surface area (Å²) in [5, 5.41) is 3.46. The van der Waals surface area contributed by atoms with E-state index >= 15 is 0 Å². The van der Waals surface area contributed by atoms with E-state index in [4.69, 9.17) is 44.3 Å². The van der Waals surface area contributed by atoms with Gasteiger partial charge in [0.15, 0.2) is 6.10 Å². The van der Waals surface area contributed by atoms with Crippen LogP contribution >= 0.6 is 34.8 Å². The van der Waals surface area contributed by atoms with E-state index in [9.17, 15) is 9.59 Å². The van der Waals surface area contributed by atoms with Crippen LogP contribution in [0.3, 0.4) is 0 Å². The molecule has 2 rings (SSSR count). The standard InChI is InChI=1S/C18H16Cl3NO4/c1-3-25-18(24)11-5-4-6-12(7-11)22-17(23)10(2)26-16-9-14(20)13(19)8-15(16)21/h4-10H,3H2,1-2H3,(H,22,23)/t10-/m0/s1. The van der Waals surface area contributed by atoms with Crippen molar-refractivity contribution >= 4 is 52.4 Å². The summed E-state index contributed by atoms with van der Waals surface area (Å²) in [6.07, 6.45) is -0.865. The number of anilines is 1. The molecule has 2 aromatic rings. The molecule has 0 saturated carbocycles. The van der Waals surface area contributed by atoms with Crippen LogP contribution < -0.4 is 10.1 Å². The molecular weight excluding hydrogens is 401 g/mol. The average molecular weight is 417 g/mol. The quantitative estimate of drug-likeness (QED) is 0.517. The molecule has 1 atom stereocenters. The summed E-state index contributed by atoms with van der Waals surface area (Å²) in [5.41, 5.74) is 0.780. The van der Waals surface area contributed by atoms with E-state index in [-0.39, 0.29) is 27.4 Å². The van der Waals surface area contributed by atoms with E-state index in [1.54, 1.807) is 32.0 Å². The summed E-state index contributed by atoms with van der Waals surface area (Å²) in [5.74, 6) is -0.646. The van der Waals surface area contributed by atoms with Crippen LogP contribution in [0, 0.1) is 0 Å². The second kappa shape index (κ2) is 9.12. The third-order valence-corrected chi connectivity index (χ3v) is 4.31. The SMILES string of the molecule is CCOC(=O)c1cccc(NC(=O)[C@H](C)Oc2cc(Cl)c(Cl)cc2Cl)c1. The van der Waals surface area contributed by atoms with Crippen LogP contribution in [0.4, 0.5) is 5.69 Å². The van der Waals surface area contributed by atoms with Crippen molar-refractivity contribution in [2.45, 2.75) is 20.0 Å². The number of ether oxygens (including phenoxy) is 2. The van der Waals surface area contributed by atoms with Gasteiger partial charge in [-0.15, -0.1) is 0 Å². The molecule has 26 heavy (non-hydrogen) atoms. The molecule has 0 saturated heterocycles. The fourth-order valence-electron chi connectivity index (χ4n) is 2.02. The summed E-state index contributed by atoms with van der Waals surface area (Å²) in [6.45, 7) is 3.55. The number of rotatable bonds is 6. The summed E-state index contributed by atoms with van der Waals surface area (Å²) in [7, 11) is 0. The molecule has 138 valence electrons. The minimum atomic E-state index is -0.865. The Hall–Kier alpha value is -1.95. The molecule has 1 amide bonds. The van der Waals surface area contributed by atoms with Gasteiger partial charge in [-0.25, -0.2) is 4.79 Å². The number of nitrogens with one attached hydrogen (secondary N) is 1. The molecule has 0 aliphatic heterocycles. The van der Waals surface area contributed by atoms with Gasteiger partial charge in [-0.05, 0) is 38.1 Å². The van der Waals surface area contributed by atoms with E-state index < -0.39 is 18.0 Å². The van der Waals surface area contributed by atoms with Crippen LogP contribution in [0.2, 0.25) is 15.1 Å². The highest BCUT2D eigenvalue weighted by Gasteiger charge is 2.18. The van der Waals surface area contributed by atoms with E-state index in [1.165, 1.54) is 18.2 Å². The van der Waals surface area contributed by atoms with Crippen molar-refractivity contribution in [3.05, 3.63) is 57.0 Å². The number of carbonyl (C=O) groups excluding carboxylic acids is 2. The van der Waals surface area contributed by atoms with Gasteiger partial charge in [-0.1, -0.05) is 40.9 Å². The summed E-state index contributed by atoms with van der Waals surface area (Å²) in [4.78, 5) is 24.1. The number of esters is 1. The molecule has 1 N–H and O–H groups in total. The Balaban J connectivity index is 2.07. The van der Waals surface area contributed by atoms with Crippen LogP contribution in [-0.2, 0) is 9.53 Å². The first-order chi connectivity index (χ1) is 12.3. The number of hydrogen-bond donors (Lipinski definition) is 1. The second-order valence-corrected chi connectivity index (χ2v) is 6.47. The zero-order chi connectivity index (χ0) is 19.3. The zero-order valence-corrected chi connectivity index (χ0v) is 16.3. The lowest BCUT2D eigenvalue weighted by Gasteiger charge is -2.16. The van der Waals surface area contributed by atoms with Gasteiger partial charge in [-0.3, -0.25) is 4.79 Å². The lowest BCUT2D eigenvalue weighted by molar-refractivity contribution is -0.122. The predicted molar refractivity (Wildman–Crippen MR) is 103 cm³/mol. The average Bonchev–Trinajstić information content (AvgIpc) is 2.60. The maximum Gasteiger partial charge on any atom is 0.338 e. The predicted octanol–water partition coefficient (Wildman–Crippen LogP) is 5.23. The molecule has 0 aliphatic carbocycles. The molecule has 0 aliphatic rings. The highest BCUT2D eigenvalue weighted by molar-refractivity contribution is 6.43. The largest absolute Gasteiger partial charge is 0.479 e. The Kier molecular flexibility index (Phi) is 7.14. The van der Waals surface area contributed by atoms with Crippen molar-refractivity contribution in [2.24, 2.45) is 0 Å². The number of benzene rings is 2. The summed E-state index contributed by atoms with van der Waals surface area (Å²) >= 11 is 17.8. The minimum Gasteiger partial charge on any atom is -0.479 e. The van der Waals surface area contributed by atoms with Crippen molar-refractivity contribution in [3.8, 4) is 5.75 Å². The third kappa shape index (κ3) is 5.27. The number of halogens is 3. The molecule has 0 heterocycles. The van der Waals surface area contributed by atoms with Crippen LogP contribution in [0.25, 0.3) is 0 Å². The second-order valence-electron chi connectivity index (χ2n) is 5.25. The summed E-state index contributed by atoms with van der Waals surface area (Å²) < 4.78 is 10.5. The van der Waals surface area contributed by atoms with E-state index in [0.717, 1.165) is 0 Å². The van der Waals surface area contributed by atoms with Gasteiger partial charge < -0.3 is 14.8 Å². The number of amides is 1. The molecule has 2 aromatic carbocycles. The third-order valence-electron chi connectivity index (χ3n) is 3.29. The van der Waals surface area contributed by atoms with Crippen molar-refractivity contribution in [1.29, 1.82) is 0 Å². The fraction of sp³-hybridized carbons (Fsp3) is 0.222.